The average Bonchev–Trinajstić information content (AvgIpc) is 4.07. The molecule has 12 nitrogen and oxygen atoms in total. The zero-order valence-electron chi connectivity index (χ0n) is 36.2. The molecule has 2 N–H and O–H groups in total. The van der Waals surface area contributed by atoms with Gasteiger partial charge in [-0.2, -0.15) is 0 Å². The van der Waals surface area contributed by atoms with E-state index in [4.69, 9.17) is 4.74 Å². The largest absolute Gasteiger partial charge is 0.453 e. The normalized spacial score (nSPS) is 18.9. The van der Waals surface area contributed by atoms with Gasteiger partial charge in [0, 0.05) is 61.2 Å². The Balaban J connectivity index is 1.04. The summed E-state index contributed by atoms with van der Waals surface area (Å²) in [7, 11) is 1.25. The van der Waals surface area contributed by atoms with Gasteiger partial charge in [0.05, 0.1) is 19.2 Å². The number of ether oxygens (including phenoxy) is 1. The van der Waals surface area contributed by atoms with Crippen LogP contribution in [0, 0.1) is 5.92 Å². The number of carbonyl (C=O) groups excluding carboxylic acids is 6. The topological polar surface area (TPSA) is 147 Å². The van der Waals surface area contributed by atoms with Gasteiger partial charge in [-0.05, 0) is 78.8 Å². The van der Waals surface area contributed by atoms with Gasteiger partial charge < -0.3 is 29.7 Å². The van der Waals surface area contributed by atoms with Gasteiger partial charge in [-0.15, -0.1) is 0 Å². The van der Waals surface area contributed by atoms with Crippen molar-refractivity contribution in [1.82, 2.24) is 25.0 Å². The van der Waals surface area contributed by atoms with Gasteiger partial charge in [0.1, 0.15) is 12.1 Å². The van der Waals surface area contributed by atoms with Gasteiger partial charge in [-0.1, -0.05) is 104 Å². The summed E-state index contributed by atoms with van der Waals surface area (Å²) in [5, 5.41) is 7.64. The number of amides is 4. The highest BCUT2D eigenvalue weighted by Gasteiger charge is 2.39. The molecule has 4 aromatic carbocycles. The highest BCUT2D eigenvalue weighted by atomic mass is 16.5. The number of fused-ring (bicyclic) bond motifs is 3. The summed E-state index contributed by atoms with van der Waals surface area (Å²) in [5.41, 5.74) is 5.10. The lowest BCUT2D eigenvalue weighted by Gasteiger charge is -2.28. The van der Waals surface area contributed by atoms with E-state index in [1.54, 1.807) is 34.1 Å². The van der Waals surface area contributed by atoms with E-state index in [1.807, 2.05) is 48.5 Å². The van der Waals surface area contributed by atoms with Crippen LogP contribution in [0.25, 0.3) is 21.8 Å². The van der Waals surface area contributed by atoms with Crippen molar-refractivity contribution < 1.29 is 33.5 Å². The van der Waals surface area contributed by atoms with Gasteiger partial charge in [-0.25, -0.2) is 4.79 Å². The number of Topliss-reactive ketones (excluding diaryl/α,β-unsaturated/α-hetero) is 2. The molecule has 2 saturated heterocycles. The Bertz CT molecular complexity index is 2500. The molecule has 1 aromatic heterocycles. The number of alkyl carbamates (subject to hydrolysis) is 1. The lowest BCUT2D eigenvalue weighted by Crippen LogP contribution is -2.47. The predicted molar refractivity (Wildman–Crippen MR) is 241 cm³/mol. The number of nitrogens with zero attached hydrogens (tertiary/aromatic N) is 3. The second kappa shape index (κ2) is 19.4. The van der Waals surface area contributed by atoms with Crippen molar-refractivity contribution in [2.24, 2.45) is 5.92 Å². The first-order valence-electron chi connectivity index (χ1n) is 22.5. The minimum atomic E-state index is -0.985. The van der Waals surface area contributed by atoms with E-state index in [1.165, 1.54) is 33.3 Å². The SMILES string of the molecule is COC(=O)N[C@@H](C(=O)N1CCC[C@H]1C(=O)Cc1ccc2c3ccc(CC(=O)[C@@H]4CCCN4C(=O)[C@H](NC(C)=O)c4ccccc4)cc3n(CC3CCCCC3)c2c1)c1ccccc1. The lowest BCUT2D eigenvalue weighted by molar-refractivity contribution is -0.140. The summed E-state index contributed by atoms with van der Waals surface area (Å²) in [4.78, 5) is 84.1. The van der Waals surface area contributed by atoms with E-state index in [0.717, 1.165) is 52.3 Å². The first kappa shape index (κ1) is 43.4. The third-order valence-corrected chi connectivity index (χ3v) is 13.3. The molecule has 0 unspecified atom stereocenters. The van der Waals surface area contributed by atoms with Gasteiger partial charge in [0.15, 0.2) is 11.6 Å². The zero-order valence-corrected chi connectivity index (χ0v) is 36.2. The first-order valence-corrected chi connectivity index (χ1v) is 22.5. The number of aromatic nitrogens is 1. The van der Waals surface area contributed by atoms with Crippen molar-refractivity contribution in [2.75, 3.05) is 20.2 Å². The average molecular weight is 852 g/mol. The number of likely N-dealkylation sites (tertiary alicyclic amines) is 2. The van der Waals surface area contributed by atoms with Crippen LogP contribution in [0.5, 0.6) is 0 Å². The number of nitrogens with one attached hydrogen (secondary N) is 2. The molecule has 63 heavy (non-hydrogen) atoms. The van der Waals surface area contributed by atoms with Crippen LogP contribution in [0.3, 0.4) is 0 Å². The van der Waals surface area contributed by atoms with E-state index in [9.17, 15) is 28.8 Å². The van der Waals surface area contributed by atoms with Crippen molar-refractivity contribution in [3.05, 3.63) is 119 Å². The molecule has 1 aliphatic carbocycles. The van der Waals surface area contributed by atoms with Crippen LogP contribution in [0.15, 0.2) is 97.1 Å². The van der Waals surface area contributed by atoms with Crippen LogP contribution in [-0.2, 0) is 48.1 Å². The molecule has 3 fully saturated rings. The molecule has 3 heterocycles. The minimum absolute atomic E-state index is 0.0267. The Kier molecular flexibility index (Phi) is 13.3. The van der Waals surface area contributed by atoms with Gasteiger partial charge in [-0.3, -0.25) is 24.0 Å². The number of hydrogen-bond donors (Lipinski definition) is 2. The molecule has 2 aliphatic heterocycles. The number of benzene rings is 4. The fourth-order valence-corrected chi connectivity index (χ4v) is 10.2. The summed E-state index contributed by atoms with van der Waals surface area (Å²) in [5.74, 6) is -0.502. The number of carbonyl (C=O) groups is 6. The summed E-state index contributed by atoms with van der Waals surface area (Å²) < 4.78 is 7.22. The van der Waals surface area contributed by atoms with Crippen molar-refractivity contribution in [2.45, 2.75) is 108 Å². The standard InChI is InChI=1S/C51H57N5O7/c1-33(57)52-47(37-16-8-4-9-17-37)49(60)54-26-12-20-41(54)45(58)30-35-22-24-39-40-25-23-36(29-44(40)56(43(39)28-35)32-34-14-6-3-7-15-34)31-46(59)42-21-13-27-55(42)50(61)48(53-51(62)63-2)38-18-10-5-11-19-38/h4-5,8-11,16-19,22-25,28-29,34,41-42,47-48H,3,6-7,12-15,20-21,26-27,30-32H2,1-2H3,(H,52,57)(H,53,62)/t41-,42-,47+,48+/m0/s1. The fourth-order valence-electron chi connectivity index (χ4n) is 10.2. The first-order chi connectivity index (χ1) is 30.6. The molecule has 3 aliphatic rings. The zero-order chi connectivity index (χ0) is 44.0. The van der Waals surface area contributed by atoms with Crippen LogP contribution in [0.2, 0.25) is 0 Å². The number of rotatable bonds is 14. The van der Waals surface area contributed by atoms with Crippen LogP contribution in [0.1, 0.15) is 99.0 Å². The van der Waals surface area contributed by atoms with Crippen molar-refractivity contribution in [3.8, 4) is 0 Å². The molecule has 5 aromatic rings. The van der Waals surface area contributed by atoms with Crippen molar-refractivity contribution >= 4 is 57.2 Å². The van der Waals surface area contributed by atoms with Crippen LogP contribution in [0.4, 0.5) is 4.79 Å². The fraction of sp³-hybridized carbons (Fsp3) is 0.412. The molecule has 4 amide bonds. The van der Waals surface area contributed by atoms with E-state index < -0.39 is 30.3 Å². The van der Waals surface area contributed by atoms with E-state index in [0.29, 0.717) is 55.8 Å². The van der Waals surface area contributed by atoms with Crippen molar-refractivity contribution in [3.63, 3.8) is 0 Å². The molecule has 0 spiro atoms. The number of ketones is 2. The highest BCUT2D eigenvalue weighted by molar-refractivity contribution is 6.09. The molecular weight excluding hydrogens is 795 g/mol. The van der Waals surface area contributed by atoms with E-state index >= 15 is 0 Å². The Labute approximate surface area is 368 Å². The third kappa shape index (κ3) is 9.55. The van der Waals surface area contributed by atoms with Crippen LogP contribution < -0.4 is 10.6 Å². The summed E-state index contributed by atoms with van der Waals surface area (Å²) >= 11 is 0. The molecule has 1 saturated carbocycles. The summed E-state index contributed by atoms with van der Waals surface area (Å²) in [6, 6.07) is 27.5. The minimum Gasteiger partial charge on any atom is -0.453 e. The molecule has 8 rings (SSSR count). The van der Waals surface area contributed by atoms with Crippen LogP contribution in [-0.4, -0.2) is 82.0 Å². The maximum atomic E-state index is 14.2. The second-order valence-electron chi connectivity index (χ2n) is 17.5. The molecule has 0 bridgehead atoms. The van der Waals surface area contributed by atoms with Gasteiger partial charge in [0.2, 0.25) is 11.8 Å². The monoisotopic (exact) mass is 851 g/mol. The molecule has 12 heteroatoms. The molecule has 328 valence electrons. The molecule has 0 radical (unpaired) electrons. The Morgan fingerprint density at radius 2 is 1.08 bits per heavy atom. The maximum Gasteiger partial charge on any atom is 0.407 e. The molecule has 4 atom stereocenters. The van der Waals surface area contributed by atoms with Gasteiger partial charge in [0.25, 0.3) is 5.91 Å². The smallest absolute Gasteiger partial charge is 0.407 e. The quantitative estimate of drug-likeness (QED) is 0.117. The lowest BCUT2D eigenvalue weighted by atomic mass is 9.89. The Hall–Kier alpha value is -6.30. The second-order valence-corrected chi connectivity index (χ2v) is 17.5. The summed E-state index contributed by atoms with van der Waals surface area (Å²) in [6.07, 6.45) is 8.03. The van der Waals surface area contributed by atoms with Crippen LogP contribution >= 0.6 is 0 Å². The third-order valence-electron chi connectivity index (χ3n) is 13.3. The number of methoxy groups -OCH3 is 1. The predicted octanol–water partition coefficient (Wildman–Crippen LogP) is 7.55. The Morgan fingerprint density at radius 3 is 1.54 bits per heavy atom. The number of hydrogen-bond acceptors (Lipinski definition) is 7. The Morgan fingerprint density at radius 1 is 0.603 bits per heavy atom. The highest BCUT2D eigenvalue weighted by Crippen LogP contribution is 2.35. The van der Waals surface area contributed by atoms with E-state index in [-0.39, 0.29) is 42.1 Å². The maximum absolute atomic E-state index is 14.2. The molecular formula is C51H57N5O7. The van der Waals surface area contributed by atoms with Gasteiger partial charge >= 0.3 is 6.09 Å². The van der Waals surface area contributed by atoms with E-state index in [2.05, 4.69) is 39.5 Å². The summed E-state index contributed by atoms with van der Waals surface area (Å²) in [6.45, 7) is 3.09. The van der Waals surface area contributed by atoms with Crippen molar-refractivity contribution in [1.29, 1.82) is 0 Å².